The van der Waals surface area contributed by atoms with E-state index in [0.29, 0.717) is 37.5 Å². The maximum Gasteiger partial charge on any atom is 0.305 e. The maximum atomic E-state index is 11.2. The number of ether oxygens (including phenoxy) is 1. The number of oxime groups is 1. The number of hydrogen-bond acceptors (Lipinski definition) is 6. The fourth-order valence-electron chi connectivity index (χ4n) is 1.94. The topological polar surface area (TPSA) is 73.9 Å². The largest absolute Gasteiger partial charge is 0.466 e. The number of nitrogens with zero attached hydrogens (tertiary/aromatic N) is 2. The molecule has 23 heavy (non-hydrogen) atoms. The first-order chi connectivity index (χ1) is 11.3. The SMILES string of the molecule is CCOC(=O)CCCCON=C(c1cccnc1)c1ccco1. The van der Waals surface area contributed by atoms with Crippen LogP contribution in [-0.4, -0.2) is 29.9 Å². The summed E-state index contributed by atoms with van der Waals surface area (Å²) in [6.45, 7) is 2.63. The molecule has 0 aliphatic rings. The highest BCUT2D eigenvalue weighted by molar-refractivity contribution is 6.10. The first kappa shape index (κ1) is 16.7. The molecule has 0 aliphatic heterocycles. The van der Waals surface area contributed by atoms with Crippen molar-refractivity contribution < 1.29 is 18.8 Å². The van der Waals surface area contributed by atoms with E-state index in [9.17, 15) is 4.79 Å². The molecule has 2 aromatic rings. The van der Waals surface area contributed by atoms with Crippen molar-refractivity contribution in [2.75, 3.05) is 13.2 Å². The normalized spacial score (nSPS) is 11.3. The van der Waals surface area contributed by atoms with E-state index in [1.54, 1.807) is 31.6 Å². The first-order valence-corrected chi connectivity index (χ1v) is 7.61. The van der Waals surface area contributed by atoms with Crippen LogP contribution in [0.5, 0.6) is 0 Å². The van der Waals surface area contributed by atoms with Gasteiger partial charge in [-0.25, -0.2) is 0 Å². The molecule has 0 aromatic carbocycles. The van der Waals surface area contributed by atoms with E-state index in [2.05, 4.69) is 10.1 Å². The highest BCUT2D eigenvalue weighted by atomic mass is 16.6. The van der Waals surface area contributed by atoms with Crippen LogP contribution in [0.15, 0.2) is 52.5 Å². The van der Waals surface area contributed by atoms with Gasteiger partial charge in [-0.15, -0.1) is 0 Å². The maximum absolute atomic E-state index is 11.2. The zero-order valence-corrected chi connectivity index (χ0v) is 13.1. The Balaban J connectivity index is 1.86. The van der Waals surface area contributed by atoms with E-state index in [4.69, 9.17) is 14.0 Å². The van der Waals surface area contributed by atoms with Gasteiger partial charge in [0.15, 0.2) is 11.5 Å². The molecule has 2 heterocycles. The van der Waals surface area contributed by atoms with Gasteiger partial charge in [-0.2, -0.15) is 0 Å². The second-order valence-corrected chi connectivity index (χ2v) is 4.75. The molecule has 0 atom stereocenters. The smallest absolute Gasteiger partial charge is 0.305 e. The fraction of sp³-hybridized carbons (Fsp3) is 0.353. The highest BCUT2D eigenvalue weighted by Crippen LogP contribution is 2.11. The summed E-state index contributed by atoms with van der Waals surface area (Å²) in [4.78, 5) is 20.7. The fourth-order valence-corrected chi connectivity index (χ4v) is 1.94. The molecule has 0 unspecified atom stereocenters. The van der Waals surface area contributed by atoms with Gasteiger partial charge in [0.1, 0.15) is 6.61 Å². The van der Waals surface area contributed by atoms with Gasteiger partial charge < -0.3 is 14.0 Å². The minimum Gasteiger partial charge on any atom is -0.466 e. The Bertz CT molecular complexity index is 609. The monoisotopic (exact) mass is 316 g/mol. The van der Waals surface area contributed by atoms with Gasteiger partial charge in [0, 0.05) is 24.4 Å². The summed E-state index contributed by atoms with van der Waals surface area (Å²) in [5, 5.41) is 4.16. The molecule has 0 aliphatic carbocycles. The first-order valence-electron chi connectivity index (χ1n) is 7.61. The van der Waals surface area contributed by atoms with Crippen LogP contribution in [0, 0.1) is 0 Å². The lowest BCUT2D eigenvalue weighted by atomic mass is 10.1. The van der Waals surface area contributed by atoms with Crippen LogP contribution in [0.3, 0.4) is 0 Å². The number of pyridine rings is 1. The Kier molecular flexibility index (Phi) is 6.84. The molecule has 0 amide bonds. The Morgan fingerprint density at radius 3 is 2.91 bits per heavy atom. The van der Waals surface area contributed by atoms with Crippen LogP contribution in [0.1, 0.15) is 37.5 Å². The van der Waals surface area contributed by atoms with Crippen LogP contribution in [0.2, 0.25) is 0 Å². The number of rotatable bonds is 9. The lowest BCUT2D eigenvalue weighted by Crippen LogP contribution is -2.05. The zero-order chi connectivity index (χ0) is 16.3. The molecular formula is C17H20N2O4. The van der Waals surface area contributed by atoms with Gasteiger partial charge >= 0.3 is 5.97 Å². The van der Waals surface area contributed by atoms with Gasteiger partial charge in [-0.3, -0.25) is 9.78 Å². The lowest BCUT2D eigenvalue weighted by Gasteiger charge is -2.05. The van der Waals surface area contributed by atoms with Crippen LogP contribution >= 0.6 is 0 Å². The lowest BCUT2D eigenvalue weighted by molar-refractivity contribution is -0.143. The van der Waals surface area contributed by atoms with Crippen LogP contribution in [0.25, 0.3) is 0 Å². The Morgan fingerprint density at radius 1 is 1.30 bits per heavy atom. The van der Waals surface area contributed by atoms with Crippen molar-refractivity contribution in [3.05, 3.63) is 54.2 Å². The van der Waals surface area contributed by atoms with Crippen molar-refractivity contribution >= 4 is 11.7 Å². The van der Waals surface area contributed by atoms with E-state index in [-0.39, 0.29) is 5.97 Å². The summed E-state index contributed by atoms with van der Waals surface area (Å²) in [6.07, 6.45) is 6.80. The minimum atomic E-state index is -0.178. The van der Waals surface area contributed by atoms with Crippen molar-refractivity contribution in [2.24, 2.45) is 5.16 Å². The highest BCUT2D eigenvalue weighted by Gasteiger charge is 2.11. The van der Waals surface area contributed by atoms with Crippen molar-refractivity contribution in [1.29, 1.82) is 0 Å². The van der Waals surface area contributed by atoms with Crippen molar-refractivity contribution in [3.63, 3.8) is 0 Å². The summed E-state index contributed by atoms with van der Waals surface area (Å²) in [7, 11) is 0. The third-order valence-corrected chi connectivity index (χ3v) is 3.02. The number of unbranched alkanes of at least 4 members (excludes halogenated alkanes) is 1. The van der Waals surface area contributed by atoms with Gasteiger partial charge in [0.25, 0.3) is 0 Å². The Hall–Kier alpha value is -2.63. The van der Waals surface area contributed by atoms with Crippen molar-refractivity contribution in [2.45, 2.75) is 26.2 Å². The zero-order valence-electron chi connectivity index (χ0n) is 13.1. The summed E-state index contributed by atoms with van der Waals surface area (Å²) < 4.78 is 10.3. The average Bonchev–Trinajstić information content (AvgIpc) is 3.09. The molecule has 0 bridgehead atoms. The summed E-state index contributed by atoms with van der Waals surface area (Å²) in [5.41, 5.74) is 1.41. The summed E-state index contributed by atoms with van der Waals surface area (Å²) >= 11 is 0. The summed E-state index contributed by atoms with van der Waals surface area (Å²) in [5.74, 6) is 0.437. The van der Waals surface area contributed by atoms with Gasteiger partial charge in [-0.05, 0) is 44.0 Å². The van der Waals surface area contributed by atoms with Crippen LogP contribution < -0.4 is 0 Å². The van der Waals surface area contributed by atoms with Gasteiger partial charge in [0.05, 0.1) is 12.9 Å². The van der Waals surface area contributed by atoms with E-state index in [1.807, 2.05) is 18.2 Å². The molecular weight excluding hydrogens is 296 g/mol. The molecule has 6 nitrogen and oxygen atoms in total. The number of carbonyl (C=O) groups excluding carboxylic acids is 1. The molecule has 2 rings (SSSR count). The van der Waals surface area contributed by atoms with E-state index >= 15 is 0 Å². The van der Waals surface area contributed by atoms with Crippen molar-refractivity contribution in [3.8, 4) is 0 Å². The number of carbonyl (C=O) groups is 1. The van der Waals surface area contributed by atoms with E-state index in [1.165, 1.54) is 0 Å². The molecule has 122 valence electrons. The molecule has 0 fully saturated rings. The molecule has 0 N–H and O–H groups in total. The standard InChI is InChI=1S/C17H20N2O4/c1-2-21-16(20)9-3-4-12-23-19-17(15-8-6-11-22-15)14-7-5-10-18-13-14/h5-8,10-11,13H,2-4,9,12H2,1H3. The molecule has 2 aromatic heterocycles. The predicted molar refractivity (Wildman–Crippen MR) is 85.0 cm³/mol. The summed E-state index contributed by atoms with van der Waals surface area (Å²) in [6, 6.07) is 7.32. The van der Waals surface area contributed by atoms with Gasteiger partial charge in [0.2, 0.25) is 0 Å². The Morgan fingerprint density at radius 2 is 2.22 bits per heavy atom. The average molecular weight is 316 g/mol. The second-order valence-electron chi connectivity index (χ2n) is 4.75. The second kappa shape index (κ2) is 9.40. The number of hydrogen-bond donors (Lipinski definition) is 0. The number of esters is 1. The van der Waals surface area contributed by atoms with Gasteiger partial charge in [-0.1, -0.05) is 5.16 Å². The molecule has 0 spiro atoms. The van der Waals surface area contributed by atoms with Crippen LogP contribution in [0.4, 0.5) is 0 Å². The van der Waals surface area contributed by atoms with E-state index in [0.717, 1.165) is 12.0 Å². The molecule has 0 saturated heterocycles. The van der Waals surface area contributed by atoms with Crippen molar-refractivity contribution in [1.82, 2.24) is 4.98 Å². The third kappa shape index (κ3) is 5.58. The number of furan rings is 1. The minimum absolute atomic E-state index is 0.178. The van der Waals surface area contributed by atoms with E-state index < -0.39 is 0 Å². The predicted octanol–water partition coefficient (Wildman–Crippen LogP) is 3.18. The van der Waals surface area contributed by atoms with Crippen LogP contribution in [-0.2, 0) is 14.4 Å². The molecule has 0 saturated carbocycles. The molecule has 6 heteroatoms. The Labute approximate surface area is 135 Å². The molecule has 0 radical (unpaired) electrons. The quantitative estimate of drug-likeness (QED) is 0.307. The number of aromatic nitrogens is 1. The third-order valence-electron chi connectivity index (χ3n) is 3.02.